The molecule has 0 aromatic heterocycles. The third kappa shape index (κ3) is 9.16. The average molecular weight is 495 g/mol. The molecule has 0 amide bonds. The molecule has 0 radical (unpaired) electrons. The molecule has 0 unspecified atom stereocenters. The second kappa shape index (κ2) is 13.2. The van der Waals surface area contributed by atoms with Gasteiger partial charge in [-0.25, -0.2) is 13.8 Å². The fourth-order valence-electron chi connectivity index (χ4n) is 3.00. The Hall–Kier alpha value is -1.00. The van der Waals surface area contributed by atoms with Crippen molar-refractivity contribution < 1.29 is 8.78 Å². The molecule has 0 bridgehead atoms. The van der Waals surface area contributed by atoms with Crippen LogP contribution in [-0.2, 0) is 6.54 Å². The Morgan fingerprint density at radius 3 is 2.74 bits per heavy atom. The maximum absolute atomic E-state index is 13.7. The highest BCUT2D eigenvalue weighted by atomic mass is 127. The minimum absolute atomic E-state index is 0. The summed E-state index contributed by atoms with van der Waals surface area (Å²) < 4.78 is 26.9. The van der Waals surface area contributed by atoms with Crippen LogP contribution in [0.2, 0.25) is 0 Å². The highest BCUT2D eigenvalue weighted by Gasteiger charge is 2.11. The maximum Gasteiger partial charge on any atom is 0.191 e. The summed E-state index contributed by atoms with van der Waals surface area (Å²) >= 11 is 0. The summed E-state index contributed by atoms with van der Waals surface area (Å²) in [6.45, 7) is 9.21. The molecule has 0 aliphatic carbocycles. The monoisotopic (exact) mass is 495 g/mol. The molecule has 1 aromatic carbocycles. The van der Waals surface area contributed by atoms with Gasteiger partial charge in [0.1, 0.15) is 11.6 Å². The lowest BCUT2D eigenvalue weighted by atomic mass is 10.2. The minimum Gasteiger partial charge on any atom is -0.357 e. The normalized spacial score (nSPS) is 16.5. The highest BCUT2D eigenvalue weighted by Crippen LogP contribution is 2.10. The van der Waals surface area contributed by atoms with Crippen molar-refractivity contribution in [3.05, 3.63) is 35.4 Å². The largest absolute Gasteiger partial charge is 0.357 e. The summed E-state index contributed by atoms with van der Waals surface area (Å²) in [5.74, 6) is -0.249. The van der Waals surface area contributed by atoms with E-state index in [1.807, 2.05) is 6.92 Å². The molecule has 1 aliphatic heterocycles. The van der Waals surface area contributed by atoms with Crippen molar-refractivity contribution >= 4 is 29.9 Å². The number of hydrogen-bond acceptors (Lipinski definition) is 3. The molecular weight excluding hydrogens is 463 g/mol. The SMILES string of the molecule is CCNC(=NCc1cc(F)ccc1F)NCCCN1CCCN(C)CC1.I. The molecule has 0 spiro atoms. The van der Waals surface area contributed by atoms with Crippen molar-refractivity contribution in [2.24, 2.45) is 4.99 Å². The van der Waals surface area contributed by atoms with Crippen LogP contribution in [0.25, 0.3) is 0 Å². The van der Waals surface area contributed by atoms with E-state index < -0.39 is 11.6 Å². The van der Waals surface area contributed by atoms with Crippen LogP contribution in [-0.4, -0.2) is 68.6 Å². The molecule has 2 N–H and O–H groups in total. The molecule has 1 fully saturated rings. The van der Waals surface area contributed by atoms with Crippen molar-refractivity contribution in [3.8, 4) is 0 Å². The van der Waals surface area contributed by atoms with Crippen molar-refractivity contribution in [3.63, 3.8) is 0 Å². The van der Waals surface area contributed by atoms with E-state index in [1.165, 1.54) is 19.0 Å². The lowest BCUT2D eigenvalue weighted by molar-refractivity contribution is 0.274. The van der Waals surface area contributed by atoms with Crippen LogP contribution in [0.15, 0.2) is 23.2 Å². The molecule has 1 heterocycles. The summed E-state index contributed by atoms with van der Waals surface area (Å²) in [7, 11) is 2.17. The Kier molecular flexibility index (Phi) is 11.8. The van der Waals surface area contributed by atoms with Crippen LogP contribution in [0.1, 0.15) is 25.3 Å². The van der Waals surface area contributed by atoms with Crippen LogP contribution in [0.3, 0.4) is 0 Å². The van der Waals surface area contributed by atoms with E-state index in [2.05, 4.69) is 32.5 Å². The zero-order chi connectivity index (χ0) is 18.8. The number of halogens is 3. The number of nitrogens with one attached hydrogen (secondary N) is 2. The first-order chi connectivity index (χ1) is 12.6. The van der Waals surface area contributed by atoms with Gasteiger partial charge in [-0.1, -0.05) is 0 Å². The van der Waals surface area contributed by atoms with Gasteiger partial charge in [0.2, 0.25) is 0 Å². The molecule has 0 atom stereocenters. The number of aliphatic imine (C=N–C) groups is 1. The Bertz CT molecular complexity index is 585. The van der Waals surface area contributed by atoms with E-state index >= 15 is 0 Å². The third-order valence-electron chi connectivity index (χ3n) is 4.52. The molecule has 0 saturated carbocycles. The first-order valence-electron chi connectivity index (χ1n) is 9.45. The summed E-state index contributed by atoms with van der Waals surface area (Å²) in [6, 6.07) is 3.45. The molecule has 154 valence electrons. The smallest absolute Gasteiger partial charge is 0.191 e. The van der Waals surface area contributed by atoms with Gasteiger partial charge in [0.05, 0.1) is 6.54 Å². The number of nitrogens with zero attached hydrogens (tertiary/aromatic N) is 3. The van der Waals surface area contributed by atoms with Gasteiger partial charge in [-0.15, -0.1) is 24.0 Å². The lowest BCUT2D eigenvalue weighted by Crippen LogP contribution is -2.39. The minimum atomic E-state index is -0.447. The van der Waals surface area contributed by atoms with E-state index in [0.717, 1.165) is 57.8 Å². The van der Waals surface area contributed by atoms with E-state index in [4.69, 9.17) is 0 Å². The first-order valence-corrected chi connectivity index (χ1v) is 9.45. The van der Waals surface area contributed by atoms with Crippen LogP contribution < -0.4 is 10.6 Å². The van der Waals surface area contributed by atoms with Crippen molar-refractivity contribution in [2.45, 2.75) is 26.3 Å². The molecule has 8 heteroatoms. The Labute approximate surface area is 178 Å². The Morgan fingerprint density at radius 2 is 1.96 bits per heavy atom. The lowest BCUT2D eigenvalue weighted by Gasteiger charge is -2.20. The average Bonchev–Trinajstić information content (AvgIpc) is 2.83. The van der Waals surface area contributed by atoms with Gasteiger partial charge in [0.25, 0.3) is 0 Å². The van der Waals surface area contributed by atoms with E-state index in [1.54, 1.807) is 0 Å². The fraction of sp³-hybridized carbons (Fsp3) is 0.632. The van der Waals surface area contributed by atoms with Gasteiger partial charge in [-0.05, 0) is 64.6 Å². The van der Waals surface area contributed by atoms with Crippen molar-refractivity contribution in [1.82, 2.24) is 20.4 Å². The summed E-state index contributed by atoms with van der Waals surface area (Å²) in [5, 5.41) is 6.42. The van der Waals surface area contributed by atoms with Crippen LogP contribution in [0, 0.1) is 11.6 Å². The second-order valence-electron chi connectivity index (χ2n) is 6.71. The Morgan fingerprint density at radius 1 is 1.15 bits per heavy atom. The summed E-state index contributed by atoms with van der Waals surface area (Å²) in [6.07, 6.45) is 2.23. The molecule has 5 nitrogen and oxygen atoms in total. The number of benzene rings is 1. The van der Waals surface area contributed by atoms with Crippen LogP contribution in [0.5, 0.6) is 0 Å². The van der Waals surface area contributed by atoms with Crippen molar-refractivity contribution in [2.75, 3.05) is 52.9 Å². The Balaban J connectivity index is 0.00000364. The van der Waals surface area contributed by atoms with Gasteiger partial charge >= 0.3 is 0 Å². The second-order valence-corrected chi connectivity index (χ2v) is 6.71. The zero-order valence-corrected chi connectivity index (χ0v) is 18.6. The van der Waals surface area contributed by atoms with Crippen LogP contribution in [0.4, 0.5) is 8.78 Å². The maximum atomic E-state index is 13.7. The van der Waals surface area contributed by atoms with Gasteiger partial charge in [-0.2, -0.15) is 0 Å². The van der Waals surface area contributed by atoms with Gasteiger partial charge < -0.3 is 20.4 Å². The van der Waals surface area contributed by atoms with E-state index in [-0.39, 0.29) is 36.1 Å². The van der Waals surface area contributed by atoms with Crippen LogP contribution >= 0.6 is 24.0 Å². The summed E-state index contributed by atoms with van der Waals surface area (Å²) in [5.41, 5.74) is 0.260. The standard InChI is InChI=1S/C19H31F2N5.HI/c1-3-22-19(24-15-16-14-17(20)6-7-18(16)21)23-8-4-10-26-11-5-9-25(2)12-13-26;/h6-7,14H,3-5,8-13,15H2,1-2H3,(H2,22,23,24);1H. The third-order valence-corrected chi connectivity index (χ3v) is 4.52. The molecule has 2 rings (SSSR count). The topological polar surface area (TPSA) is 42.9 Å². The number of hydrogen-bond donors (Lipinski definition) is 2. The quantitative estimate of drug-likeness (QED) is 0.264. The van der Waals surface area contributed by atoms with Gasteiger partial charge in [-0.3, -0.25) is 0 Å². The summed E-state index contributed by atoms with van der Waals surface area (Å²) in [4.78, 5) is 9.23. The molecule has 1 saturated heterocycles. The predicted molar refractivity (Wildman–Crippen MR) is 118 cm³/mol. The molecule has 1 aliphatic rings. The van der Waals surface area contributed by atoms with Crippen molar-refractivity contribution in [1.29, 1.82) is 0 Å². The zero-order valence-electron chi connectivity index (χ0n) is 16.3. The van der Waals surface area contributed by atoms with Gasteiger partial charge in [0, 0.05) is 31.7 Å². The molecular formula is C19H32F2IN5. The van der Waals surface area contributed by atoms with Gasteiger partial charge in [0.15, 0.2) is 5.96 Å². The fourth-order valence-corrected chi connectivity index (χ4v) is 3.00. The molecule has 27 heavy (non-hydrogen) atoms. The predicted octanol–water partition coefficient (Wildman–Crippen LogP) is 2.67. The first kappa shape index (κ1) is 24.0. The molecule has 1 aromatic rings. The highest BCUT2D eigenvalue weighted by molar-refractivity contribution is 14.0. The van der Waals surface area contributed by atoms with E-state index in [0.29, 0.717) is 5.96 Å². The number of likely N-dealkylation sites (N-methyl/N-ethyl adjacent to an activating group) is 1. The number of rotatable bonds is 7. The van der Waals surface area contributed by atoms with E-state index in [9.17, 15) is 8.78 Å². The number of guanidine groups is 1.